The quantitative estimate of drug-likeness (QED) is 0.780. The number of H-pyrrole nitrogens is 1. The van der Waals surface area contributed by atoms with E-state index < -0.39 is 0 Å². The average molecular weight is 394 g/mol. The molecule has 1 saturated carbocycles. The van der Waals surface area contributed by atoms with Crippen LogP contribution in [0.3, 0.4) is 0 Å². The third-order valence-corrected chi connectivity index (χ3v) is 7.47. The van der Waals surface area contributed by atoms with Gasteiger partial charge in [0.25, 0.3) is 5.56 Å². The van der Waals surface area contributed by atoms with Gasteiger partial charge in [-0.05, 0) is 45.1 Å². The first-order chi connectivity index (χ1) is 12.5. The lowest BCUT2D eigenvalue weighted by Gasteiger charge is -2.22. The molecule has 5 nitrogen and oxygen atoms in total. The Morgan fingerprint density at radius 1 is 1.35 bits per heavy atom. The number of thioether (sulfide) groups is 1. The van der Waals surface area contributed by atoms with Crippen LogP contribution in [-0.4, -0.2) is 27.7 Å². The number of thiophene rings is 1. The van der Waals surface area contributed by atoms with Crippen LogP contribution in [0.15, 0.2) is 4.79 Å². The van der Waals surface area contributed by atoms with Gasteiger partial charge >= 0.3 is 0 Å². The summed E-state index contributed by atoms with van der Waals surface area (Å²) in [5.74, 6) is 1.88. The number of hydrogen-bond donors (Lipinski definition) is 2. The number of hydrogen-bond acceptors (Lipinski definition) is 5. The summed E-state index contributed by atoms with van der Waals surface area (Å²) in [6.45, 7) is 6.67. The molecule has 142 valence electrons. The molecule has 1 aliphatic carbocycles. The second-order valence-electron chi connectivity index (χ2n) is 7.18. The standard InChI is InChI=1S/C19H27N3O2S2/c1-11-12(2)26-19-16(11)18(24)21-15(22-19)10-25-13(3)17(23)20-9-14-7-5-4-6-8-14/h13-14H,4-10H2,1-3H3,(H,20,23)(H,21,22,24)/t13-/m1/s1. The Morgan fingerprint density at radius 2 is 2.08 bits per heavy atom. The van der Waals surface area contributed by atoms with E-state index >= 15 is 0 Å². The molecular weight excluding hydrogens is 366 g/mol. The summed E-state index contributed by atoms with van der Waals surface area (Å²) in [6.07, 6.45) is 6.36. The highest BCUT2D eigenvalue weighted by Gasteiger charge is 2.18. The van der Waals surface area contributed by atoms with Crippen molar-refractivity contribution < 1.29 is 4.79 Å². The second kappa shape index (κ2) is 8.57. The normalized spacial score (nSPS) is 16.7. The molecule has 0 bridgehead atoms. The highest BCUT2D eigenvalue weighted by atomic mass is 32.2. The first kappa shape index (κ1) is 19.4. The van der Waals surface area contributed by atoms with Gasteiger partial charge in [-0.15, -0.1) is 23.1 Å². The molecular formula is C19H27N3O2S2. The number of nitrogens with zero attached hydrogens (tertiary/aromatic N) is 1. The summed E-state index contributed by atoms with van der Waals surface area (Å²) >= 11 is 3.06. The zero-order valence-electron chi connectivity index (χ0n) is 15.7. The van der Waals surface area contributed by atoms with Crippen LogP contribution in [-0.2, 0) is 10.5 Å². The van der Waals surface area contributed by atoms with Crippen LogP contribution in [0.1, 0.15) is 55.3 Å². The lowest BCUT2D eigenvalue weighted by molar-refractivity contribution is -0.120. The fourth-order valence-electron chi connectivity index (χ4n) is 3.43. The van der Waals surface area contributed by atoms with Gasteiger partial charge in [0.05, 0.1) is 16.4 Å². The Kier molecular flexibility index (Phi) is 6.40. The summed E-state index contributed by atoms with van der Waals surface area (Å²) in [4.78, 5) is 34.0. The number of fused-ring (bicyclic) bond motifs is 1. The maximum Gasteiger partial charge on any atom is 0.259 e. The van der Waals surface area contributed by atoms with Crippen LogP contribution < -0.4 is 10.9 Å². The van der Waals surface area contributed by atoms with Crippen molar-refractivity contribution in [1.29, 1.82) is 0 Å². The van der Waals surface area contributed by atoms with E-state index in [2.05, 4.69) is 15.3 Å². The molecule has 2 N–H and O–H groups in total. The number of aryl methyl sites for hydroxylation is 2. The van der Waals surface area contributed by atoms with E-state index in [1.807, 2.05) is 20.8 Å². The largest absolute Gasteiger partial charge is 0.355 e. The Morgan fingerprint density at radius 3 is 2.81 bits per heavy atom. The molecule has 1 amide bonds. The minimum Gasteiger partial charge on any atom is -0.355 e. The Balaban J connectivity index is 1.55. The lowest BCUT2D eigenvalue weighted by atomic mass is 9.89. The number of carbonyl (C=O) groups excluding carboxylic acids is 1. The van der Waals surface area contributed by atoms with Crippen molar-refractivity contribution in [2.24, 2.45) is 5.92 Å². The summed E-state index contributed by atoms with van der Waals surface area (Å²) < 4.78 is 0. The molecule has 0 unspecified atom stereocenters. The molecule has 0 radical (unpaired) electrons. The van der Waals surface area contributed by atoms with Gasteiger partial charge in [0.1, 0.15) is 10.7 Å². The molecule has 2 aromatic rings. The third-order valence-electron chi connectivity index (χ3n) is 5.22. The van der Waals surface area contributed by atoms with Crippen molar-refractivity contribution in [1.82, 2.24) is 15.3 Å². The highest BCUT2D eigenvalue weighted by Crippen LogP contribution is 2.27. The summed E-state index contributed by atoms with van der Waals surface area (Å²) in [5.41, 5.74) is 0.926. The molecule has 1 atom stereocenters. The van der Waals surface area contributed by atoms with Crippen LogP contribution in [0.25, 0.3) is 10.2 Å². The van der Waals surface area contributed by atoms with Gasteiger partial charge in [0, 0.05) is 11.4 Å². The second-order valence-corrected chi connectivity index (χ2v) is 9.71. The smallest absolute Gasteiger partial charge is 0.259 e. The molecule has 0 aliphatic heterocycles. The molecule has 2 aromatic heterocycles. The molecule has 7 heteroatoms. The molecule has 0 spiro atoms. The molecule has 0 aromatic carbocycles. The van der Waals surface area contributed by atoms with E-state index in [1.54, 1.807) is 11.3 Å². The molecule has 2 heterocycles. The maximum atomic E-state index is 12.3. The van der Waals surface area contributed by atoms with Crippen molar-refractivity contribution in [2.75, 3.05) is 6.54 Å². The van der Waals surface area contributed by atoms with E-state index in [-0.39, 0.29) is 16.7 Å². The van der Waals surface area contributed by atoms with Crippen molar-refractivity contribution in [3.05, 3.63) is 26.6 Å². The van der Waals surface area contributed by atoms with Gasteiger partial charge in [0.15, 0.2) is 0 Å². The Hall–Kier alpha value is -1.34. The molecule has 0 saturated heterocycles. The monoisotopic (exact) mass is 393 g/mol. The molecule has 26 heavy (non-hydrogen) atoms. The number of carbonyl (C=O) groups is 1. The molecule has 1 fully saturated rings. The van der Waals surface area contributed by atoms with Crippen LogP contribution in [0.2, 0.25) is 0 Å². The van der Waals surface area contributed by atoms with Gasteiger partial charge in [-0.3, -0.25) is 9.59 Å². The summed E-state index contributed by atoms with van der Waals surface area (Å²) in [7, 11) is 0. The van der Waals surface area contributed by atoms with Crippen molar-refractivity contribution in [3.8, 4) is 0 Å². The van der Waals surface area contributed by atoms with E-state index in [0.29, 0.717) is 22.9 Å². The van der Waals surface area contributed by atoms with Crippen molar-refractivity contribution in [3.63, 3.8) is 0 Å². The molecule has 3 rings (SSSR count). The van der Waals surface area contributed by atoms with Gasteiger partial charge in [0.2, 0.25) is 5.91 Å². The fraction of sp³-hybridized carbons (Fsp3) is 0.632. The van der Waals surface area contributed by atoms with E-state index in [4.69, 9.17) is 0 Å². The van der Waals surface area contributed by atoms with Crippen molar-refractivity contribution >= 4 is 39.2 Å². The van der Waals surface area contributed by atoms with Crippen molar-refractivity contribution in [2.45, 2.75) is 63.9 Å². The van der Waals surface area contributed by atoms with Gasteiger partial charge in [-0.2, -0.15) is 0 Å². The Bertz CT molecular complexity index is 837. The predicted molar refractivity (Wildman–Crippen MR) is 110 cm³/mol. The SMILES string of the molecule is Cc1sc2nc(CS[C@H](C)C(=O)NCC3CCCCC3)[nH]c(=O)c2c1C. The van der Waals surface area contributed by atoms with Crippen LogP contribution in [0, 0.1) is 19.8 Å². The van der Waals surface area contributed by atoms with Crippen LogP contribution in [0.4, 0.5) is 0 Å². The minimum absolute atomic E-state index is 0.0758. The predicted octanol–water partition coefficient (Wildman–Crippen LogP) is 3.92. The maximum absolute atomic E-state index is 12.3. The number of aromatic amines is 1. The summed E-state index contributed by atoms with van der Waals surface area (Å²) in [6, 6.07) is 0. The van der Waals surface area contributed by atoms with E-state index in [9.17, 15) is 9.59 Å². The summed E-state index contributed by atoms with van der Waals surface area (Å²) in [5, 5.41) is 3.62. The topological polar surface area (TPSA) is 74.8 Å². The van der Waals surface area contributed by atoms with Gasteiger partial charge in [-0.1, -0.05) is 19.3 Å². The van der Waals surface area contributed by atoms with Gasteiger partial charge in [-0.25, -0.2) is 4.98 Å². The Labute approximate surface area is 162 Å². The van der Waals surface area contributed by atoms with Crippen LogP contribution >= 0.6 is 23.1 Å². The van der Waals surface area contributed by atoms with E-state index in [0.717, 1.165) is 21.8 Å². The van der Waals surface area contributed by atoms with Gasteiger partial charge < -0.3 is 10.3 Å². The zero-order valence-corrected chi connectivity index (χ0v) is 17.3. The first-order valence-corrected chi connectivity index (χ1v) is 11.2. The number of nitrogens with one attached hydrogen (secondary N) is 2. The van der Waals surface area contributed by atoms with Crippen LogP contribution in [0.5, 0.6) is 0 Å². The van der Waals surface area contributed by atoms with E-state index in [1.165, 1.54) is 43.9 Å². The fourth-order valence-corrected chi connectivity index (χ4v) is 5.26. The number of aromatic nitrogens is 2. The third kappa shape index (κ3) is 4.49. The zero-order chi connectivity index (χ0) is 18.7. The molecule has 1 aliphatic rings. The number of rotatable bonds is 6. The number of amides is 1. The lowest BCUT2D eigenvalue weighted by Crippen LogP contribution is -2.35. The average Bonchev–Trinajstić information content (AvgIpc) is 2.92. The first-order valence-electron chi connectivity index (χ1n) is 9.34. The highest BCUT2D eigenvalue weighted by molar-refractivity contribution is 7.99. The minimum atomic E-state index is -0.161.